The molecule has 1 rings (SSSR count). The molecule has 0 aliphatic rings. The van der Waals surface area contributed by atoms with E-state index in [9.17, 15) is 4.39 Å². The zero-order valence-corrected chi connectivity index (χ0v) is 7.14. The molecule has 2 nitrogen and oxygen atoms in total. The highest BCUT2D eigenvalue weighted by atomic mass is 35.5. The summed E-state index contributed by atoms with van der Waals surface area (Å²) in [5.74, 6) is -0.660. The van der Waals surface area contributed by atoms with Gasteiger partial charge >= 0.3 is 7.12 Å². The molecule has 64 valence electrons. The Labute approximate surface area is 74.7 Å². The van der Waals surface area contributed by atoms with Crippen LogP contribution in [0, 0.1) is 12.7 Å². The van der Waals surface area contributed by atoms with E-state index in [0.29, 0.717) is 10.6 Å². The lowest BCUT2D eigenvalue weighted by Gasteiger charge is -2.04. The second-order valence-electron chi connectivity index (χ2n) is 2.50. The molecular formula is C7H7BClFO2. The Bertz CT molecular complexity index is 304. The predicted octanol–water partition coefficient (Wildman–Crippen LogP) is 0.467. The van der Waals surface area contributed by atoms with Gasteiger partial charge in [0.15, 0.2) is 0 Å². The second kappa shape index (κ2) is 3.43. The van der Waals surface area contributed by atoms with Crippen molar-refractivity contribution in [3.05, 3.63) is 28.5 Å². The molecule has 0 aromatic heterocycles. The third kappa shape index (κ3) is 1.77. The molecule has 0 radical (unpaired) electrons. The molecule has 12 heavy (non-hydrogen) atoms. The third-order valence-corrected chi connectivity index (χ3v) is 1.96. The van der Waals surface area contributed by atoms with Crippen molar-refractivity contribution in [2.24, 2.45) is 0 Å². The lowest BCUT2D eigenvalue weighted by atomic mass is 9.79. The summed E-state index contributed by atoms with van der Waals surface area (Å²) in [6.07, 6.45) is 0. The van der Waals surface area contributed by atoms with Crippen LogP contribution in [-0.2, 0) is 0 Å². The summed E-state index contributed by atoms with van der Waals surface area (Å²) in [4.78, 5) is 0. The van der Waals surface area contributed by atoms with Crippen LogP contribution in [0.15, 0.2) is 12.1 Å². The molecule has 1 aromatic rings. The largest absolute Gasteiger partial charge is 0.491 e. The number of halogens is 2. The van der Waals surface area contributed by atoms with Gasteiger partial charge in [-0.05, 0) is 24.6 Å². The molecule has 0 heterocycles. The van der Waals surface area contributed by atoms with E-state index in [0.717, 1.165) is 6.07 Å². The zero-order valence-electron chi connectivity index (χ0n) is 6.38. The fraction of sp³-hybridized carbons (Fsp3) is 0.143. The van der Waals surface area contributed by atoms with Gasteiger partial charge in [0, 0.05) is 10.5 Å². The number of hydrogen-bond acceptors (Lipinski definition) is 2. The quantitative estimate of drug-likeness (QED) is 0.629. The molecule has 0 atom stereocenters. The summed E-state index contributed by atoms with van der Waals surface area (Å²) < 4.78 is 12.9. The van der Waals surface area contributed by atoms with Crippen LogP contribution in [0.25, 0.3) is 0 Å². The van der Waals surface area contributed by atoms with E-state index >= 15 is 0 Å². The Hall–Kier alpha value is -0.575. The van der Waals surface area contributed by atoms with E-state index in [2.05, 4.69) is 0 Å². The van der Waals surface area contributed by atoms with Crippen LogP contribution in [0.1, 0.15) is 5.56 Å². The summed E-state index contributed by atoms with van der Waals surface area (Å²) in [7, 11) is -1.82. The summed E-state index contributed by atoms with van der Waals surface area (Å²) in [5.41, 5.74) is 0.365. The van der Waals surface area contributed by atoms with Crippen molar-refractivity contribution >= 4 is 24.2 Å². The Morgan fingerprint density at radius 3 is 2.50 bits per heavy atom. The Kier molecular flexibility index (Phi) is 2.72. The number of aryl methyl sites for hydroxylation is 1. The van der Waals surface area contributed by atoms with Gasteiger partial charge in [-0.2, -0.15) is 0 Å². The molecule has 0 saturated carbocycles. The van der Waals surface area contributed by atoms with Crippen LogP contribution in [-0.4, -0.2) is 17.2 Å². The molecule has 1 aromatic carbocycles. The molecule has 2 N–H and O–H groups in total. The van der Waals surface area contributed by atoms with Crippen molar-refractivity contribution < 1.29 is 14.4 Å². The molecule has 0 spiro atoms. The number of hydrogen-bond donors (Lipinski definition) is 2. The first-order valence-electron chi connectivity index (χ1n) is 3.34. The SMILES string of the molecule is Cc1cc(F)c(B(O)O)cc1Cl. The van der Waals surface area contributed by atoms with E-state index < -0.39 is 12.9 Å². The minimum atomic E-state index is -1.82. The van der Waals surface area contributed by atoms with Crippen molar-refractivity contribution in [1.82, 2.24) is 0 Å². The van der Waals surface area contributed by atoms with Crippen LogP contribution in [0.4, 0.5) is 4.39 Å². The van der Waals surface area contributed by atoms with E-state index in [4.69, 9.17) is 21.6 Å². The molecule has 0 fully saturated rings. The van der Waals surface area contributed by atoms with Crippen molar-refractivity contribution in [2.75, 3.05) is 0 Å². The van der Waals surface area contributed by atoms with Gasteiger partial charge in [-0.1, -0.05) is 11.6 Å². The van der Waals surface area contributed by atoms with E-state index in [1.54, 1.807) is 6.92 Å². The van der Waals surface area contributed by atoms with Gasteiger partial charge in [0.05, 0.1) is 0 Å². The van der Waals surface area contributed by atoms with Crippen LogP contribution < -0.4 is 5.46 Å². The minimum absolute atomic E-state index is 0.203. The van der Waals surface area contributed by atoms with Crippen LogP contribution in [0.3, 0.4) is 0 Å². The summed E-state index contributed by atoms with van der Waals surface area (Å²) in [6, 6.07) is 2.37. The van der Waals surface area contributed by atoms with Crippen LogP contribution in [0.5, 0.6) is 0 Å². The minimum Gasteiger partial charge on any atom is -0.423 e. The fourth-order valence-electron chi connectivity index (χ4n) is 0.860. The number of rotatable bonds is 1. The van der Waals surface area contributed by atoms with Gasteiger partial charge in [-0.3, -0.25) is 0 Å². The predicted molar refractivity (Wildman–Crippen MR) is 46.0 cm³/mol. The molecule has 0 amide bonds. The summed E-state index contributed by atoms with van der Waals surface area (Å²) >= 11 is 5.64. The van der Waals surface area contributed by atoms with Gasteiger partial charge in [-0.15, -0.1) is 0 Å². The maximum absolute atomic E-state index is 12.9. The van der Waals surface area contributed by atoms with Gasteiger partial charge in [0.2, 0.25) is 0 Å². The van der Waals surface area contributed by atoms with Crippen molar-refractivity contribution in [3.8, 4) is 0 Å². The van der Waals surface area contributed by atoms with Crippen molar-refractivity contribution in [2.45, 2.75) is 6.92 Å². The second-order valence-corrected chi connectivity index (χ2v) is 2.90. The van der Waals surface area contributed by atoms with Gasteiger partial charge in [-0.25, -0.2) is 4.39 Å². The maximum atomic E-state index is 12.9. The lowest BCUT2D eigenvalue weighted by molar-refractivity contribution is 0.423. The summed E-state index contributed by atoms with van der Waals surface area (Å²) in [5, 5.41) is 17.7. The van der Waals surface area contributed by atoms with Crippen LogP contribution in [0.2, 0.25) is 5.02 Å². The number of benzene rings is 1. The molecule has 5 heteroatoms. The van der Waals surface area contributed by atoms with Gasteiger partial charge in [0.1, 0.15) is 5.82 Å². The molecule has 0 bridgehead atoms. The zero-order chi connectivity index (χ0) is 9.30. The highest BCUT2D eigenvalue weighted by molar-refractivity contribution is 6.59. The molecule has 0 aliphatic heterocycles. The molecule has 0 aliphatic carbocycles. The average molecular weight is 188 g/mol. The first-order chi connectivity index (χ1) is 5.52. The molecular weight excluding hydrogens is 181 g/mol. The molecule has 0 saturated heterocycles. The third-order valence-electron chi connectivity index (χ3n) is 1.56. The first-order valence-corrected chi connectivity index (χ1v) is 3.72. The fourth-order valence-corrected chi connectivity index (χ4v) is 1.03. The van der Waals surface area contributed by atoms with Gasteiger partial charge in [0.25, 0.3) is 0 Å². The first kappa shape index (κ1) is 9.51. The van der Waals surface area contributed by atoms with E-state index in [1.807, 2.05) is 0 Å². The van der Waals surface area contributed by atoms with Crippen molar-refractivity contribution in [1.29, 1.82) is 0 Å². The van der Waals surface area contributed by atoms with E-state index in [1.165, 1.54) is 6.07 Å². The Balaban J connectivity index is 3.23. The van der Waals surface area contributed by atoms with Crippen molar-refractivity contribution in [3.63, 3.8) is 0 Å². The Morgan fingerprint density at radius 2 is 2.00 bits per heavy atom. The highest BCUT2D eigenvalue weighted by Gasteiger charge is 2.17. The maximum Gasteiger partial charge on any atom is 0.491 e. The summed E-state index contributed by atoms with van der Waals surface area (Å²) in [6.45, 7) is 1.64. The van der Waals surface area contributed by atoms with Crippen LogP contribution >= 0.6 is 11.6 Å². The molecule has 0 unspecified atom stereocenters. The normalized spacial score (nSPS) is 10.1. The topological polar surface area (TPSA) is 40.5 Å². The highest BCUT2D eigenvalue weighted by Crippen LogP contribution is 2.14. The van der Waals surface area contributed by atoms with Gasteiger partial charge < -0.3 is 10.0 Å². The monoisotopic (exact) mass is 188 g/mol. The lowest BCUT2D eigenvalue weighted by Crippen LogP contribution is -2.32. The standard InChI is InChI=1S/C7H7BClFO2/c1-4-2-7(10)5(8(11)12)3-6(4)9/h2-3,11-12H,1H3. The smallest absolute Gasteiger partial charge is 0.423 e. The average Bonchev–Trinajstić information content (AvgIpc) is 1.96. The van der Waals surface area contributed by atoms with E-state index in [-0.39, 0.29) is 5.46 Å². The Morgan fingerprint density at radius 1 is 1.42 bits per heavy atom.